The normalized spacial score (nSPS) is 25.4. The molecule has 1 heterocycles. The highest BCUT2D eigenvalue weighted by atomic mass is 16.6. The van der Waals surface area contributed by atoms with Crippen molar-refractivity contribution in [2.24, 2.45) is 0 Å². The molecule has 9 heteroatoms. The molecule has 0 aliphatic carbocycles. The molecule has 114 valence electrons. The van der Waals surface area contributed by atoms with Gasteiger partial charge in [0, 0.05) is 0 Å². The molecule has 0 saturated heterocycles. The highest BCUT2D eigenvalue weighted by Gasteiger charge is 2.61. The molecule has 20 heavy (non-hydrogen) atoms. The lowest BCUT2D eigenvalue weighted by Gasteiger charge is -2.31. The van der Waals surface area contributed by atoms with E-state index in [4.69, 9.17) is 14.9 Å². The standard InChI is InChI=1S/C11H16O9/c1-2-19-7-9(17)11(6(15)4-13,20-10(7)18)8(16)5(14)3-12/h5-6,12-15,17H,2-4H2,1H3/t5?,6-,11-/m0/s1. The van der Waals surface area contributed by atoms with Crippen molar-refractivity contribution in [1.82, 2.24) is 0 Å². The Kier molecular flexibility index (Phi) is 5.06. The Morgan fingerprint density at radius 1 is 1.35 bits per heavy atom. The third-order valence-electron chi connectivity index (χ3n) is 2.78. The summed E-state index contributed by atoms with van der Waals surface area (Å²) in [6.45, 7) is -0.592. The van der Waals surface area contributed by atoms with Gasteiger partial charge < -0.3 is 35.0 Å². The van der Waals surface area contributed by atoms with Crippen LogP contribution in [0.3, 0.4) is 0 Å². The van der Waals surface area contributed by atoms with Gasteiger partial charge in [0.05, 0.1) is 19.8 Å². The molecule has 0 bridgehead atoms. The molecule has 0 saturated carbocycles. The zero-order valence-corrected chi connectivity index (χ0v) is 10.6. The summed E-state index contributed by atoms with van der Waals surface area (Å²) in [4.78, 5) is 23.6. The van der Waals surface area contributed by atoms with Gasteiger partial charge in [-0.3, -0.25) is 4.79 Å². The molecule has 1 aliphatic rings. The van der Waals surface area contributed by atoms with Gasteiger partial charge in [-0.2, -0.15) is 0 Å². The largest absolute Gasteiger partial charge is 0.504 e. The van der Waals surface area contributed by atoms with Gasteiger partial charge in [-0.05, 0) is 6.92 Å². The van der Waals surface area contributed by atoms with Crippen LogP contribution in [-0.4, -0.2) is 74.9 Å². The predicted octanol–water partition coefficient (Wildman–Crippen LogP) is -2.64. The topological polar surface area (TPSA) is 154 Å². The summed E-state index contributed by atoms with van der Waals surface area (Å²) in [5, 5.41) is 46.7. The molecule has 0 aromatic carbocycles. The summed E-state index contributed by atoms with van der Waals surface area (Å²) in [6.07, 6.45) is -4.05. The van der Waals surface area contributed by atoms with Crippen LogP contribution in [0.1, 0.15) is 6.92 Å². The molecular weight excluding hydrogens is 276 g/mol. The van der Waals surface area contributed by atoms with Crippen LogP contribution in [0, 0.1) is 0 Å². The second-order valence-corrected chi connectivity index (χ2v) is 4.00. The number of aliphatic hydroxyl groups excluding tert-OH is 5. The summed E-state index contributed by atoms with van der Waals surface area (Å²) >= 11 is 0. The van der Waals surface area contributed by atoms with Crippen molar-refractivity contribution in [2.75, 3.05) is 19.8 Å². The average Bonchev–Trinajstić information content (AvgIpc) is 2.70. The summed E-state index contributed by atoms with van der Waals surface area (Å²) in [6, 6.07) is 0. The van der Waals surface area contributed by atoms with Crippen LogP contribution in [0.25, 0.3) is 0 Å². The van der Waals surface area contributed by atoms with E-state index in [0.29, 0.717) is 0 Å². The third-order valence-corrected chi connectivity index (χ3v) is 2.78. The van der Waals surface area contributed by atoms with E-state index in [1.807, 2.05) is 0 Å². The summed E-state index contributed by atoms with van der Waals surface area (Å²) in [5.41, 5.74) is -2.70. The maximum Gasteiger partial charge on any atom is 0.378 e. The van der Waals surface area contributed by atoms with Crippen molar-refractivity contribution in [3.05, 3.63) is 11.5 Å². The molecular formula is C11H16O9. The summed E-state index contributed by atoms with van der Waals surface area (Å²) in [7, 11) is 0. The van der Waals surface area contributed by atoms with Gasteiger partial charge in [0.25, 0.3) is 5.60 Å². The smallest absolute Gasteiger partial charge is 0.378 e. The maximum atomic E-state index is 12.0. The van der Waals surface area contributed by atoms with Crippen LogP contribution >= 0.6 is 0 Å². The minimum Gasteiger partial charge on any atom is -0.504 e. The Hall–Kier alpha value is -1.68. The lowest BCUT2D eigenvalue weighted by molar-refractivity contribution is -0.178. The predicted molar refractivity (Wildman–Crippen MR) is 61.3 cm³/mol. The average molecular weight is 292 g/mol. The molecule has 0 aromatic rings. The first kappa shape index (κ1) is 16.4. The number of hydrogen-bond acceptors (Lipinski definition) is 9. The van der Waals surface area contributed by atoms with Crippen LogP contribution in [0.5, 0.6) is 0 Å². The van der Waals surface area contributed by atoms with Crippen LogP contribution in [0.2, 0.25) is 0 Å². The van der Waals surface area contributed by atoms with Gasteiger partial charge in [0.1, 0.15) is 12.2 Å². The minimum atomic E-state index is -2.70. The van der Waals surface area contributed by atoms with E-state index in [9.17, 15) is 24.9 Å². The SMILES string of the molecule is CCOC1=C(O)[C@@](C(=O)C(O)CO)([C@@H](O)CO)OC1=O. The van der Waals surface area contributed by atoms with E-state index in [2.05, 4.69) is 4.74 Å². The fourth-order valence-corrected chi connectivity index (χ4v) is 1.79. The maximum absolute atomic E-state index is 12.0. The van der Waals surface area contributed by atoms with Gasteiger partial charge in [0.2, 0.25) is 11.5 Å². The van der Waals surface area contributed by atoms with Crippen LogP contribution in [0.15, 0.2) is 11.5 Å². The van der Waals surface area contributed by atoms with Crippen LogP contribution in [0.4, 0.5) is 0 Å². The monoisotopic (exact) mass is 292 g/mol. The molecule has 9 nitrogen and oxygen atoms in total. The first-order valence-corrected chi connectivity index (χ1v) is 5.78. The fourth-order valence-electron chi connectivity index (χ4n) is 1.79. The van der Waals surface area contributed by atoms with E-state index in [-0.39, 0.29) is 6.61 Å². The van der Waals surface area contributed by atoms with Crippen molar-refractivity contribution in [3.8, 4) is 0 Å². The second-order valence-electron chi connectivity index (χ2n) is 4.00. The third kappa shape index (κ3) is 2.36. The Morgan fingerprint density at radius 2 is 1.95 bits per heavy atom. The van der Waals surface area contributed by atoms with E-state index in [1.54, 1.807) is 0 Å². The van der Waals surface area contributed by atoms with Crippen molar-refractivity contribution in [1.29, 1.82) is 0 Å². The van der Waals surface area contributed by atoms with Gasteiger partial charge in [-0.1, -0.05) is 0 Å². The number of ketones is 1. The van der Waals surface area contributed by atoms with Crippen LogP contribution < -0.4 is 0 Å². The molecule has 1 unspecified atom stereocenters. The minimum absolute atomic E-state index is 0.0312. The number of aliphatic hydroxyl groups is 5. The Bertz CT molecular complexity index is 430. The lowest BCUT2D eigenvalue weighted by atomic mass is 9.87. The molecule has 0 radical (unpaired) electrons. The highest BCUT2D eigenvalue weighted by molar-refractivity contribution is 6.03. The number of carbonyl (C=O) groups excluding carboxylic acids is 2. The van der Waals surface area contributed by atoms with E-state index in [0.717, 1.165) is 0 Å². The molecule has 5 N–H and O–H groups in total. The fraction of sp³-hybridized carbons (Fsp3) is 0.636. The number of cyclic esters (lactones) is 1. The summed E-state index contributed by atoms with van der Waals surface area (Å²) < 4.78 is 9.45. The Labute approximate surface area is 113 Å². The highest BCUT2D eigenvalue weighted by Crippen LogP contribution is 2.36. The van der Waals surface area contributed by atoms with Crippen molar-refractivity contribution in [3.63, 3.8) is 0 Å². The van der Waals surface area contributed by atoms with E-state index in [1.165, 1.54) is 6.92 Å². The lowest BCUT2D eigenvalue weighted by Crippen LogP contribution is -2.57. The van der Waals surface area contributed by atoms with Crippen LogP contribution in [-0.2, 0) is 19.1 Å². The van der Waals surface area contributed by atoms with Gasteiger partial charge in [-0.25, -0.2) is 4.79 Å². The Morgan fingerprint density at radius 3 is 2.40 bits per heavy atom. The summed E-state index contributed by atoms with van der Waals surface area (Å²) in [5.74, 6) is -4.35. The number of hydrogen-bond donors (Lipinski definition) is 5. The van der Waals surface area contributed by atoms with Gasteiger partial charge in [-0.15, -0.1) is 0 Å². The molecule has 0 spiro atoms. The van der Waals surface area contributed by atoms with Crippen molar-refractivity contribution < 1.29 is 44.6 Å². The number of esters is 1. The molecule has 1 rings (SSSR count). The number of ether oxygens (including phenoxy) is 2. The van der Waals surface area contributed by atoms with E-state index >= 15 is 0 Å². The molecule has 0 fully saturated rings. The Balaban J connectivity index is 3.35. The second kappa shape index (κ2) is 6.18. The van der Waals surface area contributed by atoms with Crippen molar-refractivity contribution >= 4 is 11.8 Å². The van der Waals surface area contributed by atoms with Gasteiger partial charge >= 0.3 is 5.97 Å². The zero-order valence-electron chi connectivity index (χ0n) is 10.6. The number of Topliss-reactive ketones (excluding diaryl/α,β-unsaturated/α-hetero) is 1. The number of rotatable bonds is 7. The molecule has 0 amide bonds. The number of carbonyl (C=O) groups is 2. The van der Waals surface area contributed by atoms with Crippen molar-refractivity contribution in [2.45, 2.75) is 24.7 Å². The molecule has 1 aliphatic heterocycles. The molecule has 0 aromatic heterocycles. The quantitative estimate of drug-likeness (QED) is 0.317. The first-order valence-electron chi connectivity index (χ1n) is 5.78. The zero-order chi connectivity index (χ0) is 15.5. The van der Waals surface area contributed by atoms with Gasteiger partial charge in [0.15, 0.2) is 5.76 Å². The molecule has 3 atom stereocenters. The first-order chi connectivity index (χ1) is 9.36. The van der Waals surface area contributed by atoms with E-state index < -0.39 is 54.3 Å².